The first kappa shape index (κ1) is 19.2. The first-order valence-corrected chi connectivity index (χ1v) is 12.3. The fourth-order valence-corrected chi connectivity index (χ4v) is 4.36. The van der Waals surface area contributed by atoms with Gasteiger partial charge >= 0.3 is 5.97 Å². The molecule has 0 aliphatic heterocycles. The van der Waals surface area contributed by atoms with Gasteiger partial charge in [0.1, 0.15) is 0 Å². The van der Waals surface area contributed by atoms with Gasteiger partial charge in [0.25, 0.3) is 0 Å². The Hall–Kier alpha value is -0.833. The summed E-state index contributed by atoms with van der Waals surface area (Å²) in [5.41, 5.74) is 2.57. The number of allylic oxidation sites excluding steroid dienone is 3. The van der Waals surface area contributed by atoms with Crippen LogP contribution in [0.25, 0.3) is 0 Å². The number of carbonyl (C=O) groups is 1. The van der Waals surface area contributed by atoms with Crippen molar-refractivity contribution in [2.75, 3.05) is 6.61 Å². The number of carbonyl (C=O) groups excluding carboxylic acids is 1. The van der Waals surface area contributed by atoms with Crippen LogP contribution in [0.4, 0.5) is 0 Å². The molecule has 0 amide bonds. The molecule has 0 heterocycles. The highest BCUT2D eigenvalue weighted by Crippen LogP contribution is 2.37. The standard InChI is InChI=1S/C19H34O2Si/c1-8-21-18(20)16(14-22(5,6)7)13-15-9-11-17(12-10-15)19(2,3)4/h9,13,17H,8,10-12,14H2,1-7H3/b16-13+. The summed E-state index contributed by atoms with van der Waals surface area (Å²) in [6, 6.07) is 0.895. The van der Waals surface area contributed by atoms with Gasteiger partial charge in [-0.05, 0) is 49.6 Å². The molecular weight excluding hydrogens is 288 g/mol. The van der Waals surface area contributed by atoms with E-state index in [0.717, 1.165) is 30.4 Å². The Kier molecular flexibility index (Phi) is 6.66. The minimum atomic E-state index is -1.34. The molecule has 1 unspecified atom stereocenters. The summed E-state index contributed by atoms with van der Waals surface area (Å²) in [5.74, 6) is 0.622. The maximum atomic E-state index is 12.2. The van der Waals surface area contributed by atoms with Crippen LogP contribution in [0.5, 0.6) is 0 Å². The third-order valence-corrected chi connectivity index (χ3v) is 5.73. The Labute approximate surface area is 138 Å². The lowest BCUT2D eigenvalue weighted by Gasteiger charge is -2.33. The second kappa shape index (κ2) is 7.63. The van der Waals surface area contributed by atoms with E-state index >= 15 is 0 Å². The van der Waals surface area contributed by atoms with E-state index < -0.39 is 8.07 Å². The molecule has 126 valence electrons. The molecule has 3 heteroatoms. The van der Waals surface area contributed by atoms with Crippen molar-refractivity contribution in [1.82, 2.24) is 0 Å². The zero-order valence-electron chi connectivity index (χ0n) is 15.6. The summed E-state index contributed by atoms with van der Waals surface area (Å²) >= 11 is 0. The Morgan fingerprint density at radius 2 is 2.00 bits per heavy atom. The maximum Gasteiger partial charge on any atom is 0.333 e. The van der Waals surface area contributed by atoms with Crippen molar-refractivity contribution in [1.29, 1.82) is 0 Å². The molecular formula is C19H34O2Si. The summed E-state index contributed by atoms with van der Waals surface area (Å²) < 4.78 is 5.25. The van der Waals surface area contributed by atoms with Gasteiger partial charge in [-0.25, -0.2) is 4.79 Å². The number of esters is 1. The Bertz CT molecular complexity index is 447. The normalized spacial score (nSPS) is 20.6. The lowest BCUT2D eigenvalue weighted by Crippen LogP contribution is -2.24. The van der Waals surface area contributed by atoms with Gasteiger partial charge in [-0.1, -0.05) is 52.1 Å². The second-order valence-electron chi connectivity index (χ2n) is 8.74. The van der Waals surface area contributed by atoms with Crippen LogP contribution in [0.3, 0.4) is 0 Å². The van der Waals surface area contributed by atoms with Crippen LogP contribution in [0, 0.1) is 11.3 Å². The topological polar surface area (TPSA) is 26.3 Å². The Morgan fingerprint density at radius 3 is 2.41 bits per heavy atom. The van der Waals surface area contributed by atoms with Gasteiger partial charge < -0.3 is 4.74 Å². The van der Waals surface area contributed by atoms with Crippen molar-refractivity contribution in [3.05, 3.63) is 23.3 Å². The number of ether oxygens (including phenoxy) is 1. The van der Waals surface area contributed by atoms with Crippen molar-refractivity contribution in [2.45, 2.75) is 72.6 Å². The van der Waals surface area contributed by atoms with E-state index in [4.69, 9.17) is 4.74 Å². The van der Waals surface area contributed by atoms with E-state index in [1.807, 2.05) is 6.92 Å². The van der Waals surface area contributed by atoms with Crippen molar-refractivity contribution in [2.24, 2.45) is 11.3 Å². The monoisotopic (exact) mass is 322 g/mol. The highest BCUT2D eigenvalue weighted by atomic mass is 28.3. The van der Waals surface area contributed by atoms with Gasteiger partial charge in [0.2, 0.25) is 0 Å². The zero-order valence-corrected chi connectivity index (χ0v) is 16.6. The van der Waals surface area contributed by atoms with Crippen molar-refractivity contribution in [3.8, 4) is 0 Å². The first-order chi connectivity index (χ1) is 10.0. The molecule has 0 fully saturated rings. The van der Waals surface area contributed by atoms with Crippen LogP contribution in [-0.2, 0) is 9.53 Å². The van der Waals surface area contributed by atoms with Crippen LogP contribution in [0.2, 0.25) is 25.7 Å². The molecule has 1 aliphatic carbocycles. The van der Waals surface area contributed by atoms with Gasteiger partial charge in [-0.3, -0.25) is 0 Å². The van der Waals surface area contributed by atoms with Crippen LogP contribution >= 0.6 is 0 Å². The van der Waals surface area contributed by atoms with Crippen LogP contribution in [0.15, 0.2) is 23.3 Å². The van der Waals surface area contributed by atoms with Gasteiger partial charge in [0, 0.05) is 13.6 Å². The average Bonchev–Trinajstić information content (AvgIpc) is 2.36. The van der Waals surface area contributed by atoms with E-state index in [0.29, 0.717) is 12.0 Å². The summed E-state index contributed by atoms with van der Waals surface area (Å²) in [4.78, 5) is 12.2. The third-order valence-electron chi connectivity index (χ3n) is 4.29. The smallest absolute Gasteiger partial charge is 0.333 e. The van der Waals surface area contributed by atoms with Gasteiger partial charge in [-0.2, -0.15) is 0 Å². The minimum absolute atomic E-state index is 0.122. The third kappa shape index (κ3) is 6.51. The first-order valence-electron chi connectivity index (χ1n) is 8.59. The SMILES string of the molecule is CCOC(=O)/C(=C/C1=CCC(C(C)(C)C)CC1)C[Si](C)(C)C. The average molecular weight is 323 g/mol. The molecule has 0 aromatic rings. The molecule has 1 rings (SSSR count). The quantitative estimate of drug-likeness (QED) is 0.375. The largest absolute Gasteiger partial charge is 0.463 e. The van der Waals surface area contributed by atoms with Crippen molar-refractivity contribution < 1.29 is 9.53 Å². The fourth-order valence-electron chi connectivity index (χ4n) is 2.97. The second-order valence-corrected chi connectivity index (χ2v) is 14.2. The van der Waals surface area contributed by atoms with E-state index in [1.165, 1.54) is 12.0 Å². The summed E-state index contributed by atoms with van der Waals surface area (Å²) in [7, 11) is -1.34. The zero-order chi connectivity index (χ0) is 17.0. The molecule has 0 N–H and O–H groups in total. The van der Waals surface area contributed by atoms with Crippen LogP contribution in [0.1, 0.15) is 47.0 Å². The lowest BCUT2D eigenvalue weighted by molar-refractivity contribution is -0.138. The number of hydrogen-bond donors (Lipinski definition) is 0. The Balaban J connectivity index is 2.89. The van der Waals surface area contributed by atoms with Crippen LogP contribution < -0.4 is 0 Å². The lowest BCUT2D eigenvalue weighted by atomic mass is 9.73. The van der Waals surface area contributed by atoms with E-state index in [9.17, 15) is 4.79 Å². The van der Waals surface area contributed by atoms with Crippen LogP contribution in [-0.4, -0.2) is 20.7 Å². The van der Waals surface area contributed by atoms with Gasteiger partial charge in [0.15, 0.2) is 0 Å². The molecule has 22 heavy (non-hydrogen) atoms. The highest BCUT2D eigenvalue weighted by molar-refractivity contribution is 6.77. The molecule has 0 spiro atoms. The minimum Gasteiger partial charge on any atom is -0.463 e. The van der Waals surface area contributed by atoms with Gasteiger partial charge in [-0.15, -0.1) is 0 Å². The van der Waals surface area contributed by atoms with Crippen molar-refractivity contribution in [3.63, 3.8) is 0 Å². The summed E-state index contributed by atoms with van der Waals surface area (Å²) in [5, 5.41) is 0. The van der Waals surface area contributed by atoms with E-state index in [1.54, 1.807) is 0 Å². The molecule has 0 aromatic carbocycles. The predicted molar refractivity (Wildman–Crippen MR) is 97.7 cm³/mol. The molecule has 0 saturated heterocycles. The predicted octanol–water partition coefficient (Wildman–Crippen LogP) is 5.59. The number of hydrogen-bond acceptors (Lipinski definition) is 2. The fraction of sp³-hybridized carbons (Fsp3) is 0.737. The molecule has 1 atom stereocenters. The summed E-state index contributed by atoms with van der Waals surface area (Å²) in [6.07, 6.45) is 7.88. The maximum absolute atomic E-state index is 12.2. The Morgan fingerprint density at radius 1 is 1.36 bits per heavy atom. The molecule has 0 aromatic heterocycles. The molecule has 0 radical (unpaired) electrons. The van der Waals surface area contributed by atoms with Crippen molar-refractivity contribution >= 4 is 14.0 Å². The van der Waals surface area contributed by atoms with E-state index in [2.05, 4.69) is 52.6 Å². The summed E-state index contributed by atoms with van der Waals surface area (Å²) in [6.45, 7) is 16.2. The molecule has 1 aliphatic rings. The molecule has 0 bridgehead atoms. The highest BCUT2D eigenvalue weighted by Gasteiger charge is 2.27. The van der Waals surface area contributed by atoms with Gasteiger partial charge in [0.05, 0.1) is 6.61 Å². The van der Waals surface area contributed by atoms with E-state index in [-0.39, 0.29) is 5.97 Å². The molecule has 2 nitrogen and oxygen atoms in total. The molecule has 0 saturated carbocycles. The number of rotatable bonds is 5.